The third kappa shape index (κ3) is 4.92. The zero-order chi connectivity index (χ0) is 15.2. The molecule has 2 rings (SSSR count). The van der Waals surface area contributed by atoms with E-state index in [0.29, 0.717) is 28.7 Å². The van der Waals surface area contributed by atoms with Gasteiger partial charge in [-0.05, 0) is 48.4 Å². The third-order valence-electron chi connectivity index (χ3n) is 2.80. The molecule has 0 spiro atoms. The van der Waals surface area contributed by atoms with Gasteiger partial charge in [-0.15, -0.1) is 0 Å². The molecule has 3 nitrogen and oxygen atoms in total. The highest BCUT2D eigenvalue weighted by Crippen LogP contribution is 2.21. The van der Waals surface area contributed by atoms with Crippen LogP contribution in [-0.4, -0.2) is 12.6 Å². The van der Waals surface area contributed by atoms with E-state index in [4.69, 9.17) is 23.2 Å². The highest BCUT2D eigenvalue weighted by molar-refractivity contribution is 6.35. The SMILES string of the molecule is O=C(NCCc1ccc(Cl)cc1Cl)Nc1ccc(F)cc1. The van der Waals surface area contributed by atoms with Gasteiger partial charge in [-0.1, -0.05) is 29.3 Å². The van der Waals surface area contributed by atoms with Crippen LogP contribution in [0.5, 0.6) is 0 Å². The quantitative estimate of drug-likeness (QED) is 0.853. The van der Waals surface area contributed by atoms with Gasteiger partial charge >= 0.3 is 6.03 Å². The Morgan fingerprint density at radius 1 is 1.10 bits per heavy atom. The Labute approximate surface area is 132 Å². The van der Waals surface area contributed by atoms with Gasteiger partial charge in [-0.2, -0.15) is 0 Å². The van der Waals surface area contributed by atoms with Crippen molar-refractivity contribution in [2.75, 3.05) is 11.9 Å². The molecule has 6 heteroatoms. The first kappa shape index (κ1) is 15.6. The Kier molecular flexibility index (Phi) is 5.42. The van der Waals surface area contributed by atoms with Crippen LogP contribution in [0.3, 0.4) is 0 Å². The van der Waals surface area contributed by atoms with Gasteiger partial charge in [0, 0.05) is 22.3 Å². The van der Waals surface area contributed by atoms with Crippen molar-refractivity contribution in [1.82, 2.24) is 5.32 Å². The molecular formula is C15H13Cl2FN2O. The highest BCUT2D eigenvalue weighted by atomic mass is 35.5. The van der Waals surface area contributed by atoms with E-state index in [1.54, 1.807) is 12.1 Å². The zero-order valence-electron chi connectivity index (χ0n) is 11.0. The molecule has 2 aromatic rings. The minimum atomic E-state index is -0.355. The number of urea groups is 1. The first-order valence-corrected chi connectivity index (χ1v) is 7.04. The predicted molar refractivity (Wildman–Crippen MR) is 83.6 cm³/mol. The molecule has 0 fully saturated rings. The van der Waals surface area contributed by atoms with Gasteiger partial charge < -0.3 is 10.6 Å². The van der Waals surface area contributed by atoms with Crippen molar-refractivity contribution in [3.8, 4) is 0 Å². The lowest BCUT2D eigenvalue weighted by atomic mass is 10.1. The van der Waals surface area contributed by atoms with Crippen LogP contribution in [0.25, 0.3) is 0 Å². The molecule has 2 amide bonds. The molecule has 0 aliphatic heterocycles. The van der Waals surface area contributed by atoms with Crippen molar-refractivity contribution in [3.63, 3.8) is 0 Å². The lowest BCUT2D eigenvalue weighted by molar-refractivity contribution is 0.252. The van der Waals surface area contributed by atoms with E-state index in [1.807, 2.05) is 6.07 Å². The monoisotopic (exact) mass is 326 g/mol. The summed E-state index contributed by atoms with van der Waals surface area (Å²) in [5.74, 6) is -0.349. The number of carbonyl (C=O) groups excluding carboxylic acids is 1. The minimum Gasteiger partial charge on any atom is -0.338 e. The summed E-state index contributed by atoms with van der Waals surface area (Å²) in [6.45, 7) is 0.425. The van der Waals surface area contributed by atoms with Crippen molar-refractivity contribution in [3.05, 3.63) is 63.9 Å². The van der Waals surface area contributed by atoms with E-state index in [2.05, 4.69) is 10.6 Å². The van der Waals surface area contributed by atoms with Crippen molar-refractivity contribution < 1.29 is 9.18 Å². The Hall–Kier alpha value is -1.78. The van der Waals surface area contributed by atoms with Gasteiger partial charge in [-0.3, -0.25) is 0 Å². The number of nitrogens with one attached hydrogen (secondary N) is 2. The maximum atomic E-state index is 12.7. The van der Waals surface area contributed by atoms with Crippen LogP contribution < -0.4 is 10.6 Å². The second kappa shape index (κ2) is 7.29. The molecule has 0 aromatic heterocycles. The summed E-state index contributed by atoms with van der Waals surface area (Å²) in [5, 5.41) is 6.46. The molecule has 21 heavy (non-hydrogen) atoms. The van der Waals surface area contributed by atoms with Gasteiger partial charge in [0.25, 0.3) is 0 Å². The summed E-state index contributed by atoms with van der Waals surface area (Å²) in [6, 6.07) is 10.4. The molecule has 0 unspecified atom stereocenters. The van der Waals surface area contributed by atoms with Crippen LogP contribution in [0.1, 0.15) is 5.56 Å². The lowest BCUT2D eigenvalue weighted by Crippen LogP contribution is -2.30. The average Bonchev–Trinajstić information content (AvgIpc) is 2.44. The first-order valence-electron chi connectivity index (χ1n) is 6.29. The molecule has 0 radical (unpaired) electrons. The molecule has 2 N–H and O–H groups in total. The van der Waals surface area contributed by atoms with E-state index in [1.165, 1.54) is 24.3 Å². The van der Waals surface area contributed by atoms with Crippen molar-refractivity contribution in [2.24, 2.45) is 0 Å². The van der Waals surface area contributed by atoms with Gasteiger partial charge in [0.2, 0.25) is 0 Å². The van der Waals surface area contributed by atoms with Gasteiger partial charge in [-0.25, -0.2) is 9.18 Å². The second-order valence-corrected chi connectivity index (χ2v) is 5.22. The van der Waals surface area contributed by atoms with Gasteiger partial charge in [0.15, 0.2) is 0 Å². The van der Waals surface area contributed by atoms with E-state index in [9.17, 15) is 9.18 Å². The largest absolute Gasteiger partial charge is 0.338 e. The van der Waals surface area contributed by atoms with E-state index in [-0.39, 0.29) is 11.8 Å². The number of carbonyl (C=O) groups is 1. The molecule has 0 aliphatic carbocycles. The summed E-state index contributed by atoms with van der Waals surface area (Å²) in [7, 11) is 0. The van der Waals surface area contributed by atoms with E-state index >= 15 is 0 Å². The number of anilines is 1. The predicted octanol–water partition coefficient (Wildman–Crippen LogP) is 4.50. The van der Waals surface area contributed by atoms with Crippen LogP contribution in [0.2, 0.25) is 10.0 Å². The number of halogens is 3. The topological polar surface area (TPSA) is 41.1 Å². The Morgan fingerprint density at radius 2 is 1.81 bits per heavy atom. The summed E-state index contributed by atoms with van der Waals surface area (Å²) in [4.78, 5) is 11.7. The third-order valence-corrected chi connectivity index (χ3v) is 3.38. The maximum absolute atomic E-state index is 12.7. The summed E-state index contributed by atoms with van der Waals surface area (Å²) >= 11 is 11.9. The molecular weight excluding hydrogens is 314 g/mol. The van der Waals surface area contributed by atoms with Crippen LogP contribution in [0, 0.1) is 5.82 Å². The van der Waals surface area contributed by atoms with Crippen molar-refractivity contribution >= 4 is 34.9 Å². The number of benzene rings is 2. The normalized spacial score (nSPS) is 10.2. The molecule has 110 valence electrons. The second-order valence-electron chi connectivity index (χ2n) is 4.37. The average molecular weight is 327 g/mol. The van der Waals surface area contributed by atoms with Gasteiger partial charge in [0.1, 0.15) is 5.82 Å². The molecule has 0 saturated heterocycles. The number of amides is 2. The minimum absolute atomic E-state index is 0.349. The zero-order valence-corrected chi connectivity index (χ0v) is 12.5. The molecule has 0 saturated carbocycles. The fourth-order valence-corrected chi connectivity index (χ4v) is 2.25. The summed E-state index contributed by atoms with van der Waals surface area (Å²) < 4.78 is 12.7. The summed E-state index contributed by atoms with van der Waals surface area (Å²) in [5.41, 5.74) is 1.43. The van der Waals surface area contributed by atoms with Crippen LogP contribution >= 0.6 is 23.2 Å². The summed E-state index contributed by atoms with van der Waals surface area (Å²) in [6.07, 6.45) is 0.590. The molecule has 2 aromatic carbocycles. The van der Waals surface area contributed by atoms with E-state index < -0.39 is 0 Å². The van der Waals surface area contributed by atoms with Crippen LogP contribution in [0.4, 0.5) is 14.9 Å². The van der Waals surface area contributed by atoms with Crippen LogP contribution in [-0.2, 0) is 6.42 Å². The molecule has 0 atom stereocenters. The number of hydrogen-bond donors (Lipinski definition) is 2. The Bertz CT molecular complexity index is 632. The number of rotatable bonds is 4. The first-order chi connectivity index (χ1) is 10.0. The maximum Gasteiger partial charge on any atom is 0.319 e. The van der Waals surface area contributed by atoms with Crippen LogP contribution in [0.15, 0.2) is 42.5 Å². The fraction of sp³-hybridized carbons (Fsp3) is 0.133. The van der Waals surface area contributed by atoms with Crippen molar-refractivity contribution in [2.45, 2.75) is 6.42 Å². The molecule has 0 heterocycles. The Morgan fingerprint density at radius 3 is 2.48 bits per heavy atom. The highest BCUT2D eigenvalue weighted by Gasteiger charge is 2.04. The lowest BCUT2D eigenvalue weighted by Gasteiger charge is -2.08. The molecule has 0 bridgehead atoms. The fourth-order valence-electron chi connectivity index (χ4n) is 1.74. The smallest absolute Gasteiger partial charge is 0.319 e. The van der Waals surface area contributed by atoms with Gasteiger partial charge in [0.05, 0.1) is 0 Å². The standard InChI is InChI=1S/C15H13Cl2FN2O/c16-11-2-1-10(14(17)9-11)7-8-19-15(21)20-13-5-3-12(18)4-6-13/h1-6,9H,7-8H2,(H2,19,20,21). The Balaban J connectivity index is 1.80. The molecule has 0 aliphatic rings. The van der Waals surface area contributed by atoms with E-state index in [0.717, 1.165) is 5.56 Å². The number of hydrogen-bond acceptors (Lipinski definition) is 1. The van der Waals surface area contributed by atoms with Crippen molar-refractivity contribution in [1.29, 1.82) is 0 Å².